The summed E-state index contributed by atoms with van der Waals surface area (Å²) in [5.41, 5.74) is 0.615. The molecule has 4 aromatic rings. The molecule has 0 spiro atoms. The molecule has 6 nitrogen and oxygen atoms in total. The maximum Gasteiger partial charge on any atom is 0.245 e. The molecule has 196 valence electrons. The average Bonchev–Trinajstić information content (AvgIpc) is 2.88. The van der Waals surface area contributed by atoms with Crippen molar-refractivity contribution in [2.24, 2.45) is 0 Å². The van der Waals surface area contributed by atoms with Crippen LogP contribution in [0.3, 0.4) is 0 Å². The molecule has 0 saturated carbocycles. The van der Waals surface area contributed by atoms with Crippen molar-refractivity contribution in [3.05, 3.63) is 89.7 Å². The first-order valence-corrected chi connectivity index (χ1v) is 15.6. The molecular formula is C28H23ClFNO5S2. The van der Waals surface area contributed by atoms with Crippen molar-refractivity contribution in [1.82, 2.24) is 0 Å². The molecule has 0 aromatic heterocycles. The van der Waals surface area contributed by atoms with E-state index >= 15 is 4.39 Å². The number of halogens is 2. The van der Waals surface area contributed by atoms with E-state index in [4.69, 9.17) is 11.6 Å². The number of rotatable bonds is 5. The summed E-state index contributed by atoms with van der Waals surface area (Å²) in [6.07, 6.45) is 1.57. The Kier molecular flexibility index (Phi) is 6.79. The van der Waals surface area contributed by atoms with Gasteiger partial charge < -0.3 is 4.90 Å². The van der Waals surface area contributed by atoms with Crippen molar-refractivity contribution in [2.75, 3.05) is 17.7 Å². The molecule has 4 aromatic carbocycles. The minimum absolute atomic E-state index is 0.0146. The van der Waals surface area contributed by atoms with Crippen LogP contribution in [0.5, 0.6) is 0 Å². The van der Waals surface area contributed by atoms with E-state index in [1.165, 1.54) is 36.4 Å². The normalized spacial score (nSPS) is 16.7. The molecule has 1 atom stereocenters. The Bertz CT molecular complexity index is 1810. The number of hydrogen-bond donors (Lipinski definition) is 0. The second-order valence-corrected chi connectivity index (χ2v) is 13.8. The zero-order valence-electron chi connectivity index (χ0n) is 20.3. The molecule has 1 amide bonds. The highest BCUT2D eigenvalue weighted by Gasteiger charge is 2.40. The van der Waals surface area contributed by atoms with Crippen LogP contribution in [0.2, 0.25) is 5.02 Å². The first-order valence-electron chi connectivity index (χ1n) is 11.8. The van der Waals surface area contributed by atoms with Gasteiger partial charge in [0.25, 0.3) is 0 Å². The Morgan fingerprint density at radius 3 is 2.34 bits per heavy atom. The van der Waals surface area contributed by atoms with Crippen molar-refractivity contribution in [3.63, 3.8) is 0 Å². The molecule has 1 saturated heterocycles. The molecule has 10 heteroatoms. The smallest absolute Gasteiger partial charge is 0.245 e. The Morgan fingerprint density at radius 1 is 0.895 bits per heavy atom. The van der Waals surface area contributed by atoms with Crippen molar-refractivity contribution >= 4 is 53.6 Å². The third kappa shape index (κ3) is 4.81. The minimum Gasteiger partial charge on any atom is -0.309 e. The van der Waals surface area contributed by atoms with E-state index in [-0.39, 0.29) is 28.4 Å². The summed E-state index contributed by atoms with van der Waals surface area (Å²) >= 11 is 6.02. The van der Waals surface area contributed by atoms with Crippen molar-refractivity contribution in [3.8, 4) is 11.1 Å². The zero-order valence-corrected chi connectivity index (χ0v) is 22.7. The molecule has 0 aliphatic carbocycles. The molecule has 5 rings (SSSR count). The summed E-state index contributed by atoms with van der Waals surface area (Å²) in [5.74, 6) is -1.45. The Balaban J connectivity index is 1.47. The Morgan fingerprint density at radius 2 is 1.61 bits per heavy atom. The van der Waals surface area contributed by atoms with Gasteiger partial charge in [0.15, 0.2) is 19.7 Å². The zero-order chi connectivity index (χ0) is 27.2. The fourth-order valence-corrected chi connectivity index (χ4v) is 7.67. The lowest BCUT2D eigenvalue weighted by atomic mass is 10.0. The fourth-order valence-electron chi connectivity index (χ4n) is 4.83. The lowest BCUT2D eigenvalue weighted by Crippen LogP contribution is -2.48. The quantitative estimate of drug-likeness (QED) is 0.308. The summed E-state index contributed by atoms with van der Waals surface area (Å²) in [6.45, 7) is 0.164. The number of fused-ring (bicyclic) bond motifs is 1. The van der Waals surface area contributed by atoms with Crippen molar-refractivity contribution < 1.29 is 26.0 Å². The third-order valence-corrected chi connectivity index (χ3v) is 10.2. The van der Waals surface area contributed by atoms with Crippen molar-refractivity contribution in [1.29, 1.82) is 0 Å². The molecule has 0 bridgehead atoms. The van der Waals surface area contributed by atoms with E-state index in [2.05, 4.69) is 0 Å². The van der Waals surface area contributed by atoms with E-state index in [9.17, 15) is 21.6 Å². The average molecular weight is 572 g/mol. The molecule has 1 unspecified atom stereocenters. The standard InChI is InChI=1S/C28H23ClFNO5S2/c1-37(33,34)26-6-3-2-5-23(26)20-10-13-25(24(30)17-20)31-14-4-7-27(28(31)32)38(35,36)22-12-9-18-15-21(29)11-8-19(18)16-22/h2-3,5-6,8-13,15-17,27H,4,7,14H2,1H3. The maximum atomic E-state index is 15.4. The van der Waals surface area contributed by atoms with Gasteiger partial charge in [0, 0.05) is 23.4 Å². The summed E-state index contributed by atoms with van der Waals surface area (Å²) in [7, 11) is -7.61. The fraction of sp³-hybridized carbons (Fsp3) is 0.179. The number of carbonyl (C=O) groups is 1. The molecule has 1 aliphatic rings. The highest BCUT2D eigenvalue weighted by Crippen LogP contribution is 2.34. The number of amides is 1. The number of sulfone groups is 2. The lowest BCUT2D eigenvalue weighted by molar-refractivity contribution is -0.119. The van der Waals surface area contributed by atoms with Gasteiger partial charge in [0.05, 0.1) is 15.5 Å². The highest BCUT2D eigenvalue weighted by molar-refractivity contribution is 7.92. The summed E-state index contributed by atoms with van der Waals surface area (Å²) in [4.78, 5) is 14.7. The SMILES string of the molecule is CS(=O)(=O)c1ccccc1-c1ccc(N2CCCC(S(=O)(=O)c3ccc4cc(Cl)ccc4c3)C2=O)c(F)c1. The van der Waals surface area contributed by atoms with Crippen LogP contribution >= 0.6 is 11.6 Å². The van der Waals surface area contributed by atoms with Gasteiger partial charge >= 0.3 is 0 Å². The van der Waals surface area contributed by atoms with Gasteiger partial charge in [-0.25, -0.2) is 21.2 Å². The van der Waals surface area contributed by atoms with Crippen molar-refractivity contribution in [2.45, 2.75) is 27.9 Å². The van der Waals surface area contributed by atoms with E-state index in [0.717, 1.165) is 16.5 Å². The van der Waals surface area contributed by atoms with Crippen LogP contribution in [-0.4, -0.2) is 40.8 Å². The molecule has 38 heavy (non-hydrogen) atoms. The Labute approximate surface area is 225 Å². The van der Waals surface area contributed by atoms with Crippen LogP contribution in [0.4, 0.5) is 10.1 Å². The topological polar surface area (TPSA) is 88.6 Å². The largest absolute Gasteiger partial charge is 0.309 e. The number of piperidine rings is 1. The van der Waals surface area contributed by atoms with Gasteiger partial charge in [-0.2, -0.15) is 0 Å². The first-order chi connectivity index (χ1) is 18.0. The van der Waals surface area contributed by atoms with Gasteiger partial charge in [-0.1, -0.05) is 48.0 Å². The summed E-state index contributed by atoms with van der Waals surface area (Å²) in [6, 6.07) is 20.1. The predicted octanol–water partition coefficient (Wildman–Crippen LogP) is 5.67. The van der Waals surface area contributed by atoms with E-state index in [0.29, 0.717) is 28.0 Å². The maximum absolute atomic E-state index is 15.4. The predicted molar refractivity (Wildman–Crippen MR) is 146 cm³/mol. The van der Waals surface area contributed by atoms with E-state index in [1.54, 1.807) is 42.5 Å². The van der Waals surface area contributed by atoms with Crippen LogP contribution in [0.25, 0.3) is 21.9 Å². The second kappa shape index (κ2) is 9.80. The third-order valence-electron chi connectivity index (χ3n) is 6.70. The van der Waals surface area contributed by atoms with Gasteiger partial charge in [0.2, 0.25) is 5.91 Å². The van der Waals surface area contributed by atoms with Gasteiger partial charge in [0.1, 0.15) is 11.1 Å². The van der Waals surface area contributed by atoms with Crippen LogP contribution in [0.1, 0.15) is 12.8 Å². The van der Waals surface area contributed by atoms with Crippen LogP contribution < -0.4 is 4.90 Å². The summed E-state index contributed by atoms with van der Waals surface area (Å²) in [5, 5.41) is 0.615. The highest BCUT2D eigenvalue weighted by atomic mass is 35.5. The molecule has 1 aliphatic heterocycles. The molecule has 0 N–H and O–H groups in total. The molecule has 1 heterocycles. The van der Waals surface area contributed by atoms with E-state index in [1.807, 2.05) is 0 Å². The van der Waals surface area contributed by atoms with Crippen LogP contribution in [0.15, 0.2) is 88.7 Å². The first kappa shape index (κ1) is 26.3. The van der Waals surface area contributed by atoms with Gasteiger partial charge in [-0.15, -0.1) is 0 Å². The monoisotopic (exact) mass is 571 g/mol. The van der Waals surface area contributed by atoms with Gasteiger partial charge in [-0.3, -0.25) is 4.79 Å². The molecular weight excluding hydrogens is 549 g/mol. The number of carbonyl (C=O) groups excluding carboxylic acids is 1. The second-order valence-electron chi connectivity index (χ2n) is 9.25. The van der Waals surface area contributed by atoms with Crippen LogP contribution in [0, 0.1) is 5.82 Å². The number of anilines is 1. The lowest BCUT2D eigenvalue weighted by Gasteiger charge is -2.32. The van der Waals surface area contributed by atoms with Crippen LogP contribution in [-0.2, 0) is 24.5 Å². The summed E-state index contributed by atoms with van der Waals surface area (Å²) < 4.78 is 66.8. The molecule has 1 fully saturated rings. The van der Waals surface area contributed by atoms with E-state index < -0.39 is 36.6 Å². The molecule has 0 radical (unpaired) electrons. The Hall–Kier alpha value is -3.27. The number of benzene rings is 4. The number of nitrogens with zero attached hydrogens (tertiary/aromatic N) is 1. The minimum atomic E-state index is -4.05. The number of hydrogen-bond acceptors (Lipinski definition) is 5. The van der Waals surface area contributed by atoms with Gasteiger partial charge in [-0.05, 0) is 71.6 Å².